The van der Waals surface area contributed by atoms with Crippen LogP contribution in [0.15, 0.2) is 48.8 Å². The van der Waals surface area contributed by atoms with Gasteiger partial charge in [0.15, 0.2) is 0 Å². The van der Waals surface area contributed by atoms with Crippen molar-refractivity contribution in [3.8, 4) is 11.1 Å². The van der Waals surface area contributed by atoms with E-state index in [1.54, 1.807) is 6.20 Å². The molecule has 0 saturated heterocycles. The van der Waals surface area contributed by atoms with Gasteiger partial charge in [-0.05, 0) is 84.2 Å². The Morgan fingerprint density at radius 1 is 1.10 bits per heavy atom. The van der Waals surface area contributed by atoms with Crippen molar-refractivity contribution >= 4 is 17.5 Å². The Morgan fingerprint density at radius 2 is 1.90 bits per heavy atom. The van der Waals surface area contributed by atoms with E-state index in [2.05, 4.69) is 21.6 Å². The minimum atomic E-state index is -0.131. The van der Waals surface area contributed by atoms with Crippen molar-refractivity contribution in [3.63, 3.8) is 0 Å². The monoisotopic (exact) mass is 420 g/mol. The third kappa shape index (κ3) is 4.86. The van der Waals surface area contributed by atoms with Crippen LogP contribution < -0.4 is 11.1 Å². The normalized spacial score (nSPS) is 13.3. The molecule has 1 aliphatic carbocycles. The third-order valence-corrected chi connectivity index (χ3v) is 5.73. The van der Waals surface area contributed by atoms with E-state index in [-0.39, 0.29) is 5.91 Å². The van der Waals surface area contributed by atoms with Crippen LogP contribution in [-0.4, -0.2) is 16.1 Å². The molecule has 154 valence electrons. The first-order chi connectivity index (χ1) is 14.5. The van der Waals surface area contributed by atoms with Crippen molar-refractivity contribution in [2.75, 3.05) is 0 Å². The molecule has 1 amide bonds. The van der Waals surface area contributed by atoms with Crippen molar-refractivity contribution in [1.82, 2.24) is 15.5 Å². The van der Waals surface area contributed by atoms with Crippen LogP contribution in [0.4, 0.5) is 0 Å². The maximum Gasteiger partial charge on any atom is 0.251 e. The Bertz CT molecular complexity index is 1080. The van der Waals surface area contributed by atoms with Gasteiger partial charge in [-0.15, -0.1) is 0 Å². The van der Waals surface area contributed by atoms with Crippen molar-refractivity contribution in [2.45, 2.75) is 39.3 Å². The summed E-state index contributed by atoms with van der Waals surface area (Å²) in [5.41, 5.74) is 12.6. The van der Waals surface area contributed by atoms with Crippen molar-refractivity contribution in [3.05, 3.63) is 81.6 Å². The Morgan fingerprint density at radius 3 is 2.67 bits per heavy atom. The summed E-state index contributed by atoms with van der Waals surface area (Å²) in [5, 5.41) is 11.8. The van der Waals surface area contributed by atoms with Gasteiger partial charge in [0, 0.05) is 29.2 Å². The highest BCUT2D eigenvalue weighted by Crippen LogP contribution is 2.35. The first-order valence-corrected chi connectivity index (χ1v) is 10.6. The average molecular weight is 421 g/mol. The van der Waals surface area contributed by atoms with E-state index in [1.807, 2.05) is 43.5 Å². The number of nitrogens with one attached hydrogen (secondary N) is 1. The zero-order valence-corrected chi connectivity index (χ0v) is 17.7. The molecule has 5 nitrogen and oxygen atoms in total. The first-order valence-electron chi connectivity index (χ1n) is 10.2. The molecule has 0 unspecified atom stereocenters. The molecule has 6 heteroatoms. The van der Waals surface area contributed by atoms with E-state index in [9.17, 15) is 4.79 Å². The Labute approximate surface area is 181 Å². The van der Waals surface area contributed by atoms with E-state index < -0.39 is 0 Å². The zero-order valence-electron chi connectivity index (χ0n) is 17.0. The number of nitrogens with zero attached hydrogens (tertiary/aromatic N) is 2. The number of aromatic nitrogens is 2. The lowest BCUT2D eigenvalue weighted by Crippen LogP contribution is -2.24. The van der Waals surface area contributed by atoms with Gasteiger partial charge in [0.2, 0.25) is 0 Å². The fourth-order valence-electron chi connectivity index (χ4n) is 3.71. The summed E-state index contributed by atoms with van der Waals surface area (Å²) in [5.74, 6) is 0.614. The molecule has 0 spiro atoms. The number of amides is 1. The second-order valence-corrected chi connectivity index (χ2v) is 8.40. The maximum atomic E-state index is 12.9. The number of hydrogen-bond acceptors (Lipinski definition) is 4. The van der Waals surface area contributed by atoms with Crippen LogP contribution in [-0.2, 0) is 19.5 Å². The van der Waals surface area contributed by atoms with Crippen LogP contribution in [0.25, 0.3) is 11.1 Å². The van der Waals surface area contributed by atoms with Gasteiger partial charge in [-0.3, -0.25) is 4.79 Å². The predicted octanol–water partition coefficient (Wildman–Crippen LogP) is 4.45. The topological polar surface area (TPSA) is 80.9 Å². The lowest BCUT2D eigenvalue weighted by atomic mass is 9.96. The molecule has 30 heavy (non-hydrogen) atoms. The fraction of sp³-hybridized carbons (Fsp3) is 0.292. The summed E-state index contributed by atoms with van der Waals surface area (Å²) in [6.07, 6.45) is 7.21. The lowest BCUT2D eigenvalue weighted by Gasteiger charge is -2.13. The standard InChI is InChI=1S/C24H25ClN4O/c1-15-6-18(23-14-29-28-13-21(23)8-16-2-3-16)9-19(7-15)24(30)27-12-20-10-22(25)5-4-17(20)11-26/h4-7,9-10,13-14,16H,2-3,8,11-12,26H2,1H3,(H,27,30). The van der Waals surface area contributed by atoms with Crippen LogP contribution in [0.2, 0.25) is 5.02 Å². The van der Waals surface area contributed by atoms with Gasteiger partial charge in [0.25, 0.3) is 5.91 Å². The lowest BCUT2D eigenvalue weighted by molar-refractivity contribution is 0.0951. The predicted molar refractivity (Wildman–Crippen MR) is 119 cm³/mol. The fourth-order valence-corrected chi connectivity index (χ4v) is 3.90. The summed E-state index contributed by atoms with van der Waals surface area (Å²) in [4.78, 5) is 12.9. The molecular weight excluding hydrogens is 396 g/mol. The highest BCUT2D eigenvalue weighted by molar-refractivity contribution is 6.30. The smallest absolute Gasteiger partial charge is 0.251 e. The molecule has 1 aliphatic rings. The van der Waals surface area contributed by atoms with E-state index in [0.717, 1.165) is 40.2 Å². The van der Waals surface area contributed by atoms with Gasteiger partial charge in [-0.1, -0.05) is 23.7 Å². The SMILES string of the molecule is Cc1cc(C(=O)NCc2cc(Cl)ccc2CN)cc(-c2cnncc2CC2CC2)c1. The molecule has 4 rings (SSSR count). The number of rotatable bonds is 7. The van der Waals surface area contributed by atoms with Gasteiger partial charge >= 0.3 is 0 Å². The van der Waals surface area contributed by atoms with Crippen molar-refractivity contribution < 1.29 is 4.79 Å². The van der Waals surface area contributed by atoms with Gasteiger partial charge in [-0.25, -0.2) is 0 Å². The van der Waals surface area contributed by atoms with E-state index >= 15 is 0 Å². The summed E-state index contributed by atoms with van der Waals surface area (Å²) >= 11 is 6.11. The molecule has 1 fully saturated rings. The molecule has 0 radical (unpaired) electrons. The largest absolute Gasteiger partial charge is 0.348 e. The molecular formula is C24H25ClN4O. The highest BCUT2D eigenvalue weighted by Gasteiger charge is 2.23. The minimum Gasteiger partial charge on any atom is -0.348 e. The molecule has 1 heterocycles. The number of nitrogens with two attached hydrogens (primary N) is 1. The Kier molecular flexibility index (Phi) is 6.11. The van der Waals surface area contributed by atoms with Crippen LogP contribution >= 0.6 is 11.6 Å². The van der Waals surface area contributed by atoms with Gasteiger partial charge in [0.1, 0.15) is 0 Å². The maximum absolute atomic E-state index is 12.9. The molecule has 3 N–H and O–H groups in total. The number of hydrogen-bond donors (Lipinski definition) is 2. The molecule has 2 aromatic carbocycles. The number of carbonyl (C=O) groups excluding carboxylic acids is 1. The van der Waals surface area contributed by atoms with Gasteiger partial charge in [0.05, 0.1) is 12.4 Å². The zero-order chi connectivity index (χ0) is 21.1. The quantitative estimate of drug-likeness (QED) is 0.591. The molecule has 1 aromatic heterocycles. The third-order valence-electron chi connectivity index (χ3n) is 5.50. The first kappa shape index (κ1) is 20.5. The number of halogens is 1. The molecule has 1 saturated carbocycles. The van der Waals surface area contributed by atoms with Gasteiger partial charge in [-0.2, -0.15) is 10.2 Å². The summed E-state index contributed by atoms with van der Waals surface area (Å²) in [7, 11) is 0. The highest BCUT2D eigenvalue weighted by atomic mass is 35.5. The summed E-state index contributed by atoms with van der Waals surface area (Å²) in [6, 6.07) is 11.5. The van der Waals surface area contributed by atoms with Crippen molar-refractivity contribution in [2.24, 2.45) is 11.7 Å². The Hall–Kier alpha value is -2.76. The number of aryl methyl sites for hydroxylation is 1. The summed E-state index contributed by atoms with van der Waals surface area (Å²) in [6.45, 7) is 2.77. The van der Waals surface area contributed by atoms with Crippen LogP contribution in [0.3, 0.4) is 0 Å². The van der Waals surface area contributed by atoms with E-state index in [0.29, 0.717) is 23.7 Å². The second kappa shape index (κ2) is 8.94. The molecule has 0 aliphatic heterocycles. The van der Waals surface area contributed by atoms with Gasteiger partial charge < -0.3 is 11.1 Å². The summed E-state index contributed by atoms with van der Waals surface area (Å²) < 4.78 is 0. The van der Waals surface area contributed by atoms with Crippen LogP contribution in [0.1, 0.15) is 45.5 Å². The van der Waals surface area contributed by atoms with Crippen LogP contribution in [0, 0.1) is 12.8 Å². The van der Waals surface area contributed by atoms with E-state index in [1.165, 1.54) is 18.4 Å². The minimum absolute atomic E-state index is 0.131. The number of carbonyl (C=O) groups is 1. The van der Waals surface area contributed by atoms with Crippen molar-refractivity contribution in [1.29, 1.82) is 0 Å². The van der Waals surface area contributed by atoms with E-state index in [4.69, 9.17) is 17.3 Å². The molecule has 0 bridgehead atoms. The number of benzene rings is 2. The van der Waals surface area contributed by atoms with Crippen LogP contribution in [0.5, 0.6) is 0 Å². The molecule has 0 atom stereocenters. The molecule has 3 aromatic rings. The average Bonchev–Trinajstić information content (AvgIpc) is 3.56. The Balaban J connectivity index is 1.56. The second-order valence-electron chi connectivity index (χ2n) is 7.96.